The van der Waals surface area contributed by atoms with Crippen molar-refractivity contribution in [3.05, 3.63) is 50.7 Å². The molecule has 110 valence electrons. The molecule has 0 aliphatic carbocycles. The first-order chi connectivity index (χ1) is 10.1. The van der Waals surface area contributed by atoms with Gasteiger partial charge in [0.05, 0.1) is 10.6 Å². The number of thiophene rings is 1. The van der Waals surface area contributed by atoms with Crippen LogP contribution in [0.2, 0.25) is 0 Å². The number of hydrogen-bond acceptors (Lipinski definition) is 5. The predicted molar refractivity (Wildman–Crippen MR) is 80.6 cm³/mol. The Hall–Kier alpha value is -2.41. The van der Waals surface area contributed by atoms with E-state index in [1.165, 1.54) is 17.0 Å². The van der Waals surface area contributed by atoms with E-state index in [2.05, 4.69) is 5.32 Å². The molecule has 0 radical (unpaired) electrons. The Bertz CT molecular complexity index is 640. The number of aryl methyl sites for hydroxylation is 1. The number of nitro benzene ring substituents is 1. The molecule has 1 aromatic carbocycles. The van der Waals surface area contributed by atoms with Gasteiger partial charge >= 0.3 is 0 Å². The first-order valence-corrected chi connectivity index (χ1v) is 7.24. The van der Waals surface area contributed by atoms with Crippen LogP contribution in [0.1, 0.15) is 17.7 Å². The fraction of sp³-hybridized carbons (Fsp3) is 0.214. The zero-order chi connectivity index (χ0) is 15.2. The van der Waals surface area contributed by atoms with Crippen molar-refractivity contribution in [3.63, 3.8) is 0 Å². The number of phenolic OH excluding ortho intramolecular Hbond substituents is 1. The fourth-order valence-corrected chi connectivity index (χ4v) is 2.58. The molecule has 0 fully saturated rings. The first kappa shape index (κ1) is 15.0. The normalized spacial score (nSPS) is 10.3. The second-order valence-corrected chi connectivity index (χ2v) is 5.47. The summed E-state index contributed by atoms with van der Waals surface area (Å²) < 4.78 is 0. The molecule has 2 N–H and O–H groups in total. The Morgan fingerprint density at radius 3 is 2.86 bits per heavy atom. The zero-order valence-electron chi connectivity index (χ0n) is 11.1. The standard InChI is InChI=1S/C14H14N2O4S/c17-13-7-6-10(16(19)20)9-12(13)15-14(18)5-1-3-11-4-2-8-21-11/h2,4,6-9,17H,1,3,5H2,(H,15,18). The molecular weight excluding hydrogens is 292 g/mol. The molecule has 2 rings (SSSR count). The van der Waals surface area contributed by atoms with E-state index in [0.29, 0.717) is 12.8 Å². The number of carbonyl (C=O) groups is 1. The van der Waals surface area contributed by atoms with Gasteiger partial charge in [-0.15, -0.1) is 11.3 Å². The van der Waals surface area contributed by atoms with E-state index in [-0.39, 0.29) is 23.0 Å². The maximum atomic E-state index is 11.8. The van der Waals surface area contributed by atoms with E-state index in [0.717, 1.165) is 12.5 Å². The van der Waals surface area contributed by atoms with Crippen LogP contribution in [0.5, 0.6) is 5.75 Å². The van der Waals surface area contributed by atoms with E-state index in [4.69, 9.17) is 0 Å². The van der Waals surface area contributed by atoms with Crippen molar-refractivity contribution in [2.75, 3.05) is 5.32 Å². The summed E-state index contributed by atoms with van der Waals surface area (Å²) >= 11 is 1.64. The van der Waals surface area contributed by atoms with Crippen molar-refractivity contribution in [3.8, 4) is 5.75 Å². The summed E-state index contributed by atoms with van der Waals surface area (Å²) in [6.45, 7) is 0. The summed E-state index contributed by atoms with van der Waals surface area (Å²) in [5, 5.41) is 24.7. The number of nitro groups is 1. The molecule has 2 aromatic rings. The highest BCUT2D eigenvalue weighted by Crippen LogP contribution is 2.28. The average Bonchev–Trinajstić information content (AvgIpc) is 2.94. The SMILES string of the molecule is O=C(CCCc1cccs1)Nc1cc([N+](=O)[O-])ccc1O. The molecule has 0 aliphatic heterocycles. The summed E-state index contributed by atoms with van der Waals surface area (Å²) in [7, 11) is 0. The number of carbonyl (C=O) groups excluding carboxylic acids is 1. The van der Waals surface area contributed by atoms with Crippen molar-refractivity contribution in [2.24, 2.45) is 0 Å². The van der Waals surface area contributed by atoms with Gasteiger partial charge in [0.15, 0.2) is 0 Å². The van der Waals surface area contributed by atoms with E-state index in [1.54, 1.807) is 11.3 Å². The lowest BCUT2D eigenvalue weighted by atomic mass is 10.2. The molecule has 21 heavy (non-hydrogen) atoms. The summed E-state index contributed by atoms with van der Waals surface area (Å²) in [5.41, 5.74) is -0.119. The highest BCUT2D eigenvalue weighted by Gasteiger charge is 2.12. The second kappa shape index (κ2) is 6.85. The van der Waals surface area contributed by atoms with Gasteiger partial charge in [0.2, 0.25) is 5.91 Å². The largest absolute Gasteiger partial charge is 0.506 e. The lowest BCUT2D eigenvalue weighted by Crippen LogP contribution is -2.11. The summed E-state index contributed by atoms with van der Waals surface area (Å²) in [4.78, 5) is 23.1. The maximum Gasteiger partial charge on any atom is 0.271 e. The third kappa shape index (κ3) is 4.28. The Kier molecular flexibility index (Phi) is 4.89. The quantitative estimate of drug-likeness (QED) is 0.486. The molecule has 1 amide bonds. The average molecular weight is 306 g/mol. The van der Waals surface area contributed by atoms with Crippen LogP contribution in [-0.4, -0.2) is 15.9 Å². The molecule has 0 saturated heterocycles. The minimum atomic E-state index is -0.577. The lowest BCUT2D eigenvalue weighted by molar-refractivity contribution is -0.384. The minimum absolute atomic E-state index is 0.0605. The fourth-order valence-electron chi connectivity index (χ4n) is 1.83. The first-order valence-electron chi connectivity index (χ1n) is 6.36. The van der Waals surface area contributed by atoms with Crippen LogP contribution in [0.3, 0.4) is 0 Å². The Morgan fingerprint density at radius 2 is 2.19 bits per heavy atom. The molecule has 0 bridgehead atoms. The number of nitrogens with one attached hydrogen (secondary N) is 1. The van der Waals surface area contributed by atoms with Crippen LogP contribution in [0.25, 0.3) is 0 Å². The number of hydrogen-bond donors (Lipinski definition) is 2. The smallest absolute Gasteiger partial charge is 0.271 e. The van der Waals surface area contributed by atoms with E-state index < -0.39 is 4.92 Å². The van der Waals surface area contributed by atoms with Gasteiger partial charge in [-0.1, -0.05) is 6.07 Å². The van der Waals surface area contributed by atoms with Crippen LogP contribution >= 0.6 is 11.3 Å². The van der Waals surface area contributed by atoms with Gasteiger partial charge in [0, 0.05) is 23.4 Å². The highest BCUT2D eigenvalue weighted by molar-refractivity contribution is 7.09. The molecule has 0 saturated carbocycles. The molecule has 0 atom stereocenters. The topological polar surface area (TPSA) is 92.5 Å². The molecule has 1 aromatic heterocycles. The van der Waals surface area contributed by atoms with Gasteiger partial charge in [-0.3, -0.25) is 14.9 Å². The predicted octanol–water partition coefficient (Wildman–Crippen LogP) is 3.32. The zero-order valence-corrected chi connectivity index (χ0v) is 11.9. The lowest BCUT2D eigenvalue weighted by Gasteiger charge is -2.07. The third-order valence-electron chi connectivity index (χ3n) is 2.87. The van der Waals surface area contributed by atoms with Gasteiger partial charge in [-0.05, 0) is 30.4 Å². The molecule has 0 unspecified atom stereocenters. The van der Waals surface area contributed by atoms with E-state index in [1.807, 2.05) is 17.5 Å². The molecule has 7 heteroatoms. The molecule has 6 nitrogen and oxygen atoms in total. The van der Waals surface area contributed by atoms with Gasteiger partial charge in [-0.25, -0.2) is 0 Å². The van der Waals surface area contributed by atoms with Crippen molar-refractivity contribution in [1.82, 2.24) is 0 Å². The monoisotopic (exact) mass is 306 g/mol. The molecule has 0 spiro atoms. The van der Waals surface area contributed by atoms with E-state index in [9.17, 15) is 20.0 Å². The van der Waals surface area contributed by atoms with Crippen LogP contribution in [0.4, 0.5) is 11.4 Å². The van der Waals surface area contributed by atoms with Crippen molar-refractivity contribution in [2.45, 2.75) is 19.3 Å². The number of aromatic hydroxyl groups is 1. The van der Waals surface area contributed by atoms with Crippen LogP contribution < -0.4 is 5.32 Å². The molecular formula is C14H14N2O4S. The van der Waals surface area contributed by atoms with Gasteiger partial charge in [0.25, 0.3) is 5.69 Å². The number of nitrogens with zero attached hydrogens (tertiary/aromatic N) is 1. The summed E-state index contributed by atoms with van der Waals surface area (Å²) in [6.07, 6.45) is 1.79. The van der Waals surface area contributed by atoms with Crippen molar-refractivity contribution >= 4 is 28.6 Å². The minimum Gasteiger partial charge on any atom is -0.506 e. The number of phenols is 1. The van der Waals surface area contributed by atoms with Crippen LogP contribution in [0, 0.1) is 10.1 Å². The Morgan fingerprint density at radius 1 is 1.38 bits per heavy atom. The van der Waals surface area contributed by atoms with Gasteiger partial charge in [0.1, 0.15) is 5.75 Å². The maximum absolute atomic E-state index is 11.8. The number of benzene rings is 1. The van der Waals surface area contributed by atoms with Crippen LogP contribution in [0.15, 0.2) is 35.7 Å². The summed E-state index contributed by atoms with van der Waals surface area (Å²) in [5.74, 6) is -0.463. The summed E-state index contributed by atoms with van der Waals surface area (Å²) in [6, 6.07) is 7.49. The number of anilines is 1. The number of rotatable bonds is 6. The van der Waals surface area contributed by atoms with Gasteiger partial charge in [-0.2, -0.15) is 0 Å². The van der Waals surface area contributed by atoms with E-state index >= 15 is 0 Å². The Labute approximate surface area is 125 Å². The molecule has 1 heterocycles. The number of non-ortho nitro benzene ring substituents is 1. The van der Waals surface area contributed by atoms with Crippen molar-refractivity contribution in [1.29, 1.82) is 0 Å². The second-order valence-electron chi connectivity index (χ2n) is 4.44. The van der Waals surface area contributed by atoms with Gasteiger partial charge < -0.3 is 10.4 Å². The Balaban J connectivity index is 1.90. The molecule has 0 aliphatic rings. The third-order valence-corrected chi connectivity index (χ3v) is 3.81. The van der Waals surface area contributed by atoms with Crippen LogP contribution in [-0.2, 0) is 11.2 Å². The highest BCUT2D eigenvalue weighted by atomic mass is 32.1. The number of amides is 1. The van der Waals surface area contributed by atoms with Crippen molar-refractivity contribution < 1.29 is 14.8 Å².